The molecule has 1 saturated heterocycles. The van der Waals surface area contributed by atoms with Crippen molar-refractivity contribution in [2.75, 3.05) is 35.1 Å². The Balaban J connectivity index is 1.43. The number of amides is 1. The van der Waals surface area contributed by atoms with Crippen molar-refractivity contribution in [3.63, 3.8) is 0 Å². The number of carbonyl (C=O) groups excluding carboxylic acids is 1. The number of rotatable bonds is 8. The van der Waals surface area contributed by atoms with Crippen LogP contribution < -0.4 is 25.2 Å². The number of alkyl halides is 4. The van der Waals surface area contributed by atoms with Gasteiger partial charge in [0.25, 0.3) is 21.7 Å². The van der Waals surface area contributed by atoms with Gasteiger partial charge in [-0.25, -0.2) is 22.3 Å². The van der Waals surface area contributed by atoms with E-state index in [1.54, 1.807) is 4.90 Å². The summed E-state index contributed by atoms with van der Waals surface area (Å²) in [6.07, 6.45) is -1.09. The topological polar surface area (TPSA) is 113 Å². The van der Waals surface area contributed by atoms with E-state index >= 15 is 0 Å². The second-order valence-electron chi connectivity index (χ2n) is 10.5. The molecule has 3 fully saturated rings. The Bertz CT molecular complexity index is 1450. The number of nitrogens with zero attached hydrogens (tertiary/aromatic N) is 2. The number of benzene rings is 1. The van der Waals surface area contributed by atoms with Crippen LogP contribution in [-0.4, -0.2) is 51.4 Å². The van der Waals surface area contributed by atoms with E-state index in [2.05, 4.69) is 14.8 Å². The van der Waals surface area contributed by atoms with E-state index in [4.69, 9.17) is 0 Å². The molecule has 1 aliphatic heterocycles. The van der Waals surface area contributed by atoms with Crippen LogP contribution in [0.2, 0.25) is 0 Å². The minimum atomic E-state index is -3.87. The average Bonchev–Trinajstić information content (AvgIpc) is 3.53. The van der Waals surface area contributed by atoms with E-state index in [-0.39, 0.29) is 55.2 Å². The van der Waals surface area contributed by atoms with Gasteiger partial charge in [-0.1, -0.05) is 0 Å². The first-order valence-electron chi connectivity index (χ1n) is 12.6. The lowest BCUT2D eigenvalue weighted by atomic mass is 9.95. The summed E-state index contributed by atoms with van der Waals surface area (Å²) in [5.74, 6) is -3.79. The summed E-state index contributed by atoms with van der Waals surface area (Å²) in [4.78, 5) is 28.2. The molecular formula is C25H29F4N5O4S. The van der Waals surface area contributed by atoms with Gasteiger partial charge in [0, 0.05) is 50.6 Å². The van der Waals surface area contributed by atoms with E-state index < -0.39 is 51.9 Å². The van der Waals surface area contributed by atoms with Crippen molar-refractivity contribution in [1.29, 1.82) is 0 Å². The van der Waals surface area contributed by atoms with Gasteiger partial charge in [0.15, 0.2) is 0 Å². The molecule has 0 bridgehead atoms. The predicted octanol–water partition coefficient (Wildman–Crippen LogP) is 3.82. The molecule has 0 spiro atoms. The maximum atomic E-state index is 13.7. The van der Waals surface area contributed by atoms with Gasteiger partial charge in [0.2, 0.25) is 12.3 Å². The number of halogens is 4. The normalized spacial score (nSPS) is 25.8. The van der Waals surface area contributed by atoms with E-state index in [1.807, 2.05) is 0 Å². The molecule has 1 aromatic carbocycles. The fourth-order valence-electron chi connectivity index (χ4n) is 5.75. The summed E-state index contributed by atoms with van der Waals surface area (Å²) in [6.45, 7) is 0.498. The first kappa shape index (κ1) is 27.4. The molecule has 3 N–H and O–H groups in total. The zero-order chi connectivity index (χ0) is 28.2. The molecule has 0 radical (unpaired) electrons. The van der Waals surface area contributed by atoms with Gasteiger partial charge in [-0.3, -0.25) is 14.3 Å². The zero-order valence-corrected chi connectivity index (χ0v) is 21.9. The third-order valence-corrected chi connectivity index (χ3v) is 9.14. The van der Waals surface area contributed by atoms with Gasteiger partial charge in [0.1, 0.15) is 5.69 Å². The Morgan fingerprint density at radius 3 is 2.56 bits per heavy atom. The molecule has 0 unspecified atom stereocenters. The second-order valence-corrected chi connectivity index (χ2v) is 12.1. The predicted molar refractivity (Wildman–Crippen MR) is 138 cm³/mol. The number of hydrogen-bond donors (Lipinski definition) is 3. The highest BCUT2D eigenvalue weighted by Crippen LogP contribution is 2.61. The van der Waals surface area contributed by atoms with Crippen LogP contribution in [0.25, 0.3) is 0 Å². The number of nitrogens with one attached hydrogen (secondary N) is 3. The quantitative estimate of drug-likeness (QED) is 0.417. The summed E-state index contributed by atoms with van der Waals surface area (Å²) in [5.41, 5.74) is -1.15. The number of aromatic nitrogens is 1. The maximum Gasteiger partial charge on any atom is 0.298 e. The molecule has 2 aliphatic carbocycles. The van der Waals surface area contributed by atoms with Crippen LogP contribution in [0.5, 0.6) is 0 Å². The summed E-state index contributed by atoms with van der Waals surface area (Å²) >= 11 is 0. The maximum absolute atomic E-state index is 13.7. The Morgan fingerprint density at radius 1 is 1.15 bits per heavy atom. The summed E-state index contributed by atoms with van der Waals surface area (Å²) in [7, 11) is -2.64. The molecule has 1 aromatic heterocycles. The Hall–Kier alpha value is -3.13. The summed E-state index contributed by atoms with van der Waals surface area (Å²) < 4.78 is 84.4. The standard InChI is InChI=1S/C25H29F4N5O4S/c1-30-39(37,38)32-16-4-5-18(20(11-16)33-10-8-24(23(26)27)12-15(24)14-33)21(35)31-19-3-2-9-34(22(19)36)17-6-7-25(28,29)13-17/h2-5,9,11,15,17,23,30,32H,6-8,10,12-14H2,1H3,(H,31,35)/t15-,17-,24+/m0/s1. The molecule has 2 aromatic rings. The van der Waals surface area contributed by atoms with E-state index in [0.717, 1.165) is 0 Å². The average molecular weight is 572 g/mol. The highest BCUT2D eigenvalue weighted by atomic mass is 32.2. The molecule has 5 rings (SSSR count). The van der Waals surface area contributed by atoms with Crippen molar-refractivity contribution in [1.82, 2.24) is 9.29 Å². The number of anilines is 3. The molecule has 9 nitrogen and oxygen atoms in total. The Morgan fingerprint density at radius 2 is 1.92 bits per heavy atom. The third kappa shape index (κ3) is 5.36. The van der Waals surface area contributed by atoms with E-state index in [9.17, 15) is 35.6 Å². The number of carbonyl (C=O) groups is 1. The minimum absolute atomic E-state index is 0.0961. The van der Waals surface area contributed by atoms with Crippen molar-refractivity contribution in [3.8, 4) is 0 Å². The largest absolute Gasteiger partial charge is 0.370 e. The monoisotopic (exact) mass is 571 g/mol. The van der Waals surface area contributed by atoms with Crippen molar-refractivity contribution < 1.29 is 30.8 Å². The van der Waals surface area contributed by atoms with Gasteiger partial charge in [-0.15, -0.1) is 0 Å². The Kier molecular flexibility index (Phi) is 6.90. The summed E-state index contributed by atoms with van der Waals surface area (Å²) in [5, 5.41) is 2.56. The lowest BCUT2D eigenvalue weighted by molar-refractivity contribution is 0.00550. The molecule has 3 atom stereocenters. The lowest BCUT2D eigenvalue weighted by Crippen LogP contribution is -2.38. The number of hydrogen-bond acceptors (Lipinski definition) is 5. The van der Waals surface area contributed by atoms with Crippen molar-refractivity contribution >= 4 is 33.2 Å². The second kappa shape index (κ2) is 9.81. The first-order valence-corrected chi connectivity index (χ1v) is 14.1. The molecular weight excluding hydrogens is 542 g/mol. The van der Waals surface area contributed by atoms with E-state index in [0.29, 0.717) is 12.1 Å². The smallest absolute Gasteiger partial charge is 0.298 e. The SMILES string of the molecule is CNS(=O)(=O)Nc1ccc(C(=O)Nc2cccn([C@H]3CCC(F)(F)C3)c2=O)c(N2CC[C@@]3(C(F)F)C[C@H]3C2)c1. The molecule has 3 aliphatic rings. The first-order chi connectivity index (χ1) is 18.3. The fraction of sp³-hybridized carbons (Fsp3) is 0.520. The molecule has 1 amide bonds. The molecule has 212 valence electrons. The van der Waals surface area contributed by atoms with Crippen LogP contribution in [0.15, 0.2) is 41.3 Å². The van der Waals surface area contributed by atoms with Gasteiger partial charge in [-0.05, 0) is 55.5 Å². The minimum Gasteiger partial charge on any atom is -0.370 e. The van der Waals surface area contributed by atoms with Crippen molar-refractivity contribution in [2.45, 2.75) is 50.5 Å². The highest BCUT2D eigenvalue weighted by Gasteiger charge is 2.62. The Labute approximate surface area is 222 Å². The lowest BCUT2D eigenvalue weighted by Gasteiger charge is -2.34. The molecule has 14 heteroatoms. The van der Waals surface area contributed by atoms with Crippen molar-refractivity contribution in [2.24, 2.45) is 11.3 Å². The van der Waals surface area contributed by atoms with E-state index in [1.165, 1.54) is 48.1 Å². The molecule has 39 heavy (non-hydrogen) atoms. The van der Waals surface area contributed by atoms with Gasteiger partial charge in [-0.2, -0.15) is 8.42 Å². The van der Waals surface area contributed by atoms with Gasteiger partial charge in [0.05, 0.1) is 16.9 Å². The van der Waals surface area contributed by atoms with Crippen LogP contribution in [0, 0.1) is 11.3 Å². The number of piperidine rings is 1. The third-order valence-electron chi connectivity index (χ3n) is 8.10. The van der Waals surface area contributed by atoms with Crippen LogP contribution in [0.1, 0.15) is 48.5 Å². The van der Waals surface area contributed by atoms with Gasteiger partial charge < -0.3 is 14.8 Å². The van der Waals surface area contributed by atoms with Crippen LogP contribution in [-0.2, 0) is 10.2 Å². The van der Waals surface area contributed by atoms with Gasteiger partial charge >= 0.3 is 0 Å². The highest BCUT2D eigenvalue weighted by molar-refractivity contribution is 7.90. The van der Waals surface area contributed by atoms with Crippen molar-refractivity contribution in [3.05, 3.63) is 52.4 Å². The van der Waals surface area contributed by atoms with Crippen LogP contribution in [0.3, 0.4) is 0 Å². The van der Waals surface area contributed by atoms with Crippen LogP contribution >= 0.6 is 0 Å². The number of fused-ring (bicyclic) bond motifs is 1. The fourth-order valence-corrected chi connectivity index (χ4v) is 6.29. The van der Waals surface area contributed by atoms with Crippen LogP contribution in [0.4, 0.5) is 34.6 Å². The molecule has 2 heterocycles. The summed E-state index contributed by atoms with van der Waals surface area (Å²) in [6, 6.07) is 6.39. The molecule has 2 saturated carbocycles. The number of pyridine rings is 1. The zero-order valence-electron chi connectivity index (χ0n) is 21.1.